The minimum absolute atomic E-state index is 0.563. The van der Waals surface area contributed by atoms with Gasteiger partial charge in [0.05, 0.1) is 22.3 Å². The van der Waals surface area contributed by atoms with E-state index in [-0.39, 0.29) is 0 Å². The van der Waals surface area contributed by atoms with E-state index < -0.39 is 0 Å². The fraction of sp³-hybridized carbons (Fsp3) is 0.496. The fourth-order valence-corrected chi connectivity index (χ4v) is 31.1. The highest BCUT2D eigenvalue weighted by Gasteiger charge is 2.47. The molecule has 0 amide bonds. The first-order chi connectivity index (χ1) is 66.8. The number of benzene rings is 8. The van der Waals surface area contributed by atoms with Crippen LogP contribution in [0, 0.1) is 109 Å². The van der Waals surface area contributed by atoms with Crippen molar-refractivity contribution in [2.24, 2.45) is 60.7 Å². The molecule has 0 N–H and O–H groups in total. The molecule has 8 aromatic carbocycles. The van der Waals surface area contributed by atoms with Gasteiger partial charge in [-0.05, 0) is 482 Å². The lowest BCUT2D eigenvalue weighted by molar-refractivity contribution is -0.661. The van der Waals surface area contributed by atoms with Crippen LogP contribution in [0.5, 0.6) is 0 Å². The van der Waals surface area contributed by atoms with Crippen LogP contribution in [0.3, 0.4) is 0 Å². The Morgan fingerprint density at radius 2 is 0.547 bits per heavy atom. The molecule has 0 saturated heterocycles. The van der Waals surface area contributed by atoms with E-state index >= 15 is 0 Å². The van der Waals surface area contributed by atoms with Gasteiger partial charge in [0.1, 0.15) is 28.2 Å². The number of aromatic nitrogens is 4. The monoisotopic (exact) mass is 1840 g/mol. The molecule has 4 aromatic heterocycles. The minimum Gasteiger partial charge on any atom is -0.201 e. The van der Waals surface area contributed by atoms with Crippen molar-refractivity contribution in [3.8, 4) is 89.5 Å². The minimum atomic E-state index is 0.563. The summed E-state index contributed by atoms with van der Waals surface area (Å²) in [5.41, 5.74) is 60.8. The lowest BCUT2D eigenvalue weighted by atomic mass is 9.58. The van der Waals surface area contributed by atoms with E-state index in [1.807, 2.05) is 0 Å². The van der Waals surface area contributed by atoms with Crippen molar-refractivity contribution in [3.63, 3.8) is 0 Å². The highest BCUT2D eigenvalue weighted by atomic mass is 14.9. The van der Waals surface area contributed by atoms with Gasteiger partial charge in [0.2, 0.25) is 22.8 Å². The Balaban J connectivity index is 0.000000110. The van der Waals surface area contributed by atoms with Crippen molar-refractivity contribution in [2.75, 3.05) is 0 Å². The van der Waals surface area contributed by atoms with E-state index in [0.29, 0.717) is 44.3 Å². The van der Waals surface area contributed by atoms with Crippen LogP contribution in [0.25, 0.3) is 89.5 Å². The Hall–Kier alpha value is -9.64. The van der Waals surface area contributed by atoms with Gasteiger partial charge in [-0.3, -0.25) is 0 Å². The molecular formula is C135H166N4+4. The second kappa shape index (κ2) is 37.9. The molecule has 8 fully saturated rings. The average Bonchev–Trinajstić information content (AvgIpc) is 1.62. The Morgan fingerprint density at radius 1 is 0.216 bits per heavy atom. The summed E-state index contributed by atoms with van der Waals surface area (Å²) in [5, 5.41) is 0. The maximum absolute atomic E-state index is 2.59. The fourth-order valence-electron chi connectivity index (χ4n) is 31.1. The second-order valence-electron chi connectivity index (χ2n) is 50.1. The van der Waals surface area contributed by atoms with E-state index in [1.54, 1.807) is 22.3 Å². The summed E-state index contributed by atoms with van der Waals surface area (Å²) in [4.78, 5) is 0. The Bertz CT molecular complexity index is 6710. The van der Waals surface area contributed by atoms with Crippen molar-refractivity contribution in [2.45, 2.75) is 372 Å². The summed E-state index contributed by atoms with van der Waals surface area (Å²) >= 11 is 0. The van der Waals surface area contributed by atoms with Crippen molar-refractivity contribution >= 4 is 0 Å². The van der Waals surface area contributed by atoms with Gasteiger partial charge in [-0.2, -0.15) is 0 Å². The molecule has 0 radical (unpaired) electrons. The van der Waals surface area contributed by atoms with Crippen LogP contribution in [0.15, 0.2) is 176 Å². The normalized spacial score (nSPS) is 19.9. The first kappa shape index (κ1) is 95.5. The maximum atomic E-state index is 2.59. The zero-order chi connectivity index (χ0) is 96.5. The van der Waals surface area contributed by atoms with Gasteiger partial charge in [0.15, 0.2) is 24.8 Å². The molecule has 0 bridgehead atoms. The van der Waals surface area contributed by atoms with Crippen molar-refractivity contribution in [1.29, 1.82) is 0 Å². The lowest BCUT2D eigenvalue weighted by Crippen LogP contribution is -2.35. The van der Waals surface area contributed by atoms with E-state index in [1.165, 1.54) is 414 Å². The van der Waals surface area contributed by atoms with Crippen LogP contribution in [0.1, 0.15) is 398 Å². The average molecular weight is 1840 g/mol. The predicted molar refractivity (Wildman–Crippen MR) is 583 cm³/mol. The predicted octanol–water partition coefficient (Wildman–Crippen LogP) is 34.1. The third kappa shape index (κ3) is 18.3. The number of hydrogen-bond acceptors (Lipinski definition) is 0. The molecule has 12 aromatic rings. The van der Waals surface area contributed by atoms with Crippen LogP contribution in [-0.4, -0.2) is 0 Å². The molecular weight excluding hydrogens is 1680 g/mol. The Morgan fingerprint density at radius 3 is 1.00 bits per heavy atom. The molecule has 4 heterocycles. The molecule has 0 aliphatic heterocycles. The molecule has 24 rings (SSSR count). The standard InChI is InChI=1S/C35H44N.C34H42N.2C33H40N/c1-23-19-24(2)33(30-20-27-9-7-8-10-28(27)32(23)30)31-21-29(25(3)22-36(31)6)26-11-13-35(14-12-26)17-15-34(4,5)16-18-35;1-23-10-11-28-27-9-7-6-8-26(27)20-30(28)32(23)31-21-29(24(2)22-35(31)5)25-12-14-34(15-13-25)18-16-33(3,4)17-19-34;1-22-8-10-27-26(18-22)20-29-28(27)11-9-23(2)32(29)31-19-24(3)30(21-34(31)4)25-12-16-33(17-13-25)14-6-5-7-15-33;1-22-9-8-10-26-27-12-11-23(2)32(29(27)20-28(22)26)31-19-24(3)30(21-34(31)4)25-13-17-33(18-14-25)15-6-5-7-16-33/h7-10,19,21-22,26H,11-18,20H2,1-6H3;6-11,21-22,25H,12-20H2,1-5H3;8-11,18-19,21,25H,5-7,12-17,20H2,1-4H3;8-12,19,21,25H,5-7,13-18,20H2,1-4H3/q4*+1. The zero-order valence-electron chi connectivity index (χ0n) is 89.2. The molecule has 12 aliphatic carbocycles. The van der Waals surface area contributed by atoms with Crippen molar-refractivity contribution in [3.05, 3.63) is 304 Å². The van der Waals surface area contributed by atoms with Crippen LogP contribution >= 0.6 is 0 Å². The molecule has 4 nitrogen and oxygen atoms in total. The molecule has 8 saturated carbocycles. The second-order valence-corrected chi connectivity index (χ2v) is 50.1. The topological polar surface area (TPSA) is 15.5 Å². The molecule has 0 atom stereocenters. The van der Waals surface area contributed by atoms with Gasteiger partial charge in [-0.25, -0.2) is 18.3 Å². The van der Waals surface area contributed by atoms with Gasteiger partial charge in [0, 0.05) is 46.5 Å². The maximum Gasteiger partial charge on any atom is 0.213 e. The molecule has 0 unspecified atom stereocenters. The first-order valence-corrected chi connectivity index (χ1v) is 55.7. The van der Waals surface area contributed by atoms with Crippen molar-refractivity contribution in [1.82, 2.24) is 0 Å². The summed E-state index contributed by atoms with van der Waals surface area (Å²) < 4.78 is 9.65. The van der Waals surface area contributed by atoms with Gasteiger partial charge < -0.3 is 0 Å². The van der Waals surface area contributed by atoms with E-state index in [4.69, 9.17) is 0 Å². The quantitative estimate of drug-likeness (QED) is 0.135. The van der Waals surface area contributed by atoms with Crippen LogP contribution in [-0.2, 0) is 53.9 Å². The Labute approximate surface area is 838 Å². The van der Waals surface area contributed by atoms with Gasteiger partial charge in [-0.1, -0.05) is 199 Å². The van der Waals surface area contributed by atoms with E-state index in [2.05, 4.69) is 327 Å². The molecule has 4 heteroatoms. The summed E-state index contributed by atoms with van der Waals surface area (Å²) in [5.74, 6) is 2.90. The largest absolute Gasteiger partial charge is 0.213 e. The summed E-state index contributed by atoms with van der Waals surface area (Å²) in [7, 11) is 9.04. The van der Waals surface area contributed by atoms with Gasteiger partial charge >= 0.3 is 0 Å². The number of aryl methyl sites for hydroxylation is 15. The highest BCUT2D eigenvalue weighted by Crippen LogP contribution is 2.60. The number of fused-ring (bicyclic) bond motifs is 12. The van der Waals surface area contributed by atoms with Crippen molar-refractivity contribution < 1.29 is 18.3 Å². The summed E-state index contributed by atoms with van der Waals surface area (Å²) in [6, 6.07) is 58.4. The third-order valence-electron chi connectivity index (χ3n) is 39.9. The van der Waals surface area contributed by atoms with E-state index in [9.17, 15) is 0 Å². The number of nitrogens with zero attached hydrogens (tertiary/aromatic N) is 4. The highest BCUT2D eigenvalue weighted by molar-refractivity contribution is 5.90. The first-order valence-electron chi connectivity index (χ1n) is 55.7. The van der Waals surface area contributed by atoms with Gasteiger partial charge in [-0.15, -0.1) is 0 Å². The SMILES string of the molecule is Cc1c[n+](C)c(-c2c(C)cc(C)c3c2Cc2ccccc2-3)cc1C1CCC2(CC1)CCC(C)(C)CC2.Cc1c[n+](C)c(-c2c(C)ccc3c2Cc2ccccc2-3)cc1C1CCC2(CC1)CCC(C)(C)CC2.Cc1cc(-c2c(C)ccc3c2Cc2c(C)cccc2-3)[n+](C)cc1C1CCC2(CCCCC2)CC1.Cc1ccc2c(c1)Cc1c-2ccc(C)c1-c1cc(C)c(C2CCC3(CCCCC3)CC2)c[n+]1C. The summed E-state index contributed by atoms with van der Waals surface area (Å²) in [6.45, 7) is 35.3. The van der Waals surface area contributed by atoms with Gasteiger partial charge in [0.25, 0.3) is 0 Å². The smallest absolute Gasteiger partial charge is 0.201 e. The number of rotatable bonds is 8. The molecule has 722 valence electrons. The van der Waals surface area contributed by atoms with E-state index in [0.717, 1.165) is 37.5 Å². The zero-order valence-corrected chi connectivity index (χ0v) is 89.2. The number of hydrogen-bond donors (Lipinski definition) is 0. The van der Waals surface area contributed by atoms with Crippen LogP contribution < -0.4 is 18.3 Å². The van der Waals surface area contributed by atoms with Crippen LogP contribution in [0.4, 0.5) is 0 Å². The van der Waals surface area contributed by atoms with Crippen LogP contribution in [0.2, 0.25) is 0 Å². The molecule has 4 spiro atoms. The third-order valence-corrected chi connectivity index (χ3v) is 39.9. The number of pyridine rings is 4. The molecule has 139 heavy (non-hydrogen) atoms. The summed E-state index contributed by atoms with van der Waals surface area (Å²) in [6.07, 6.45) is 62.8. The lowest BCUT2D eigenvalue weighted by Gasteiger charge is -2.47. The molecule has 12 aliphatic rings. The Kier molecular flexibility index (Phi) is 26.1.